The largest absolute Gasteiger partial charge is 0.387 e. The Hall–Kier alpha value is -1.33. The fraction of sp³-hybridized carbons (Fsp3) is 0.588. The molecule has 0 saturated heterocycles. The standard InChI is InChI=1S/C17H23NO/c1-4-14-7-8-17(10-14,11-18)16(19)15-9-12(2)5-6-13(15)3/h5-6,9,14,16,19H,4,7-8,10H2,1-3H3. The predicted octanol–water partition coefficient (Wildman–Crippen LogP) is 4.06. The molecule has 1 aromatic carbocycles. The van der Waals surface area contributed by atoms with E-state index in [4.69, 9.17) is 0 Å². The first kappa shape index (κ1) is 14.1. The third-order valence-corrected chi connectivity index (χ3v) is 4.70. The van der Waals surface area contributed by atoms with E-state index in [1.807, 2.05) is 32.0 Å². The van der Waals surface area contributed by atoms with Crippen molar-refractivity contribution in [3.05, 3.63) is 34.9 Å². The smallest absolute Gasteiger partial charge is 0.0979 e. The monoisotopic (exact) mass is 257 g/mol. The van der Waals surface area contributed by atoms with Gasteiger partial charge in [0.15, 0.2) is 0 Å². The third-order valence-electron chi connectivity index (χ3n) is 4.70. The summed E-state index contributed by atoms with van der Waals surface area (Å²) in [6, 6.07) is 8.55. The minimum Gasteiger partial charge on any atom is -0.387 e. The summed E-state index contributed by atoms with van der Waals surface area (Å²) >= 11 is 0. The van der Waals surface area contributed by atoms with Gasteiger partial charge in [0, 0.05) is 0 Å². The highest BCUT2D eigenvalue weighted by atomic mass is 16.3. The molecule has 1 aliphatic rings. The lowest BCUT2D eigenvalue weighted by atomic mass is 9.76. The molecule has 1 aromatic rings. The van der Waals surface area contributed by atoms with Gasteiger partial charge in [-0.15, -0.1) is 0 Å². The van der Waals surface area contributed by atoms with E-state index in [0.717, 1.165) is 42.4 Å². The number of rotatable bonds is 3. The average Bonchev–Trinajstić information content (AvgIpc) is 2.85. The molecule has 102 valence electrons. The first-order valence-corrected chi connectivity index (χ1v) is 7.19. The first-order valence-electron chi connectivity index (χ1n) is 7.19. The van der Waals surface area contributed by atoms with Crippen molar-refractivity contribution in [2.24, 2.45) is 11.3 Å². The minimum atomic E-state index is -0.658. The molecule has 0 heterocycles. The summed E-state index contributed by atoms with van der Waals surface area (Å²) in [7, 11) is 0. The molecule has 1 aliphatic carbocycles. The zero-order valence-electron chi connectivity index (χ0n) is 12.1. The summed E-state index contributed by atoms with van der Waals surface area (Å²) in [4.78, 5) is 0. The minimum absolute atomic E-state index is 0.583. The van der Waals surface area contributed by atoms with Crippen molar-refractivity contribution in [2.75, 3.05) is 0 Å². The quantitative estimate of drug-likeness (QED) is 0.887. The van der Waals surface area contributed by atoms with Crippen LogP contribution in [0.2, 0.25) is 0 Å². The SMILES string of the molecule is CCC1CCC(C#N)(C(O)c2cc(C)ccc2C)C1. The molecule has 2 rings (SSSR count). The summed E-state index contributed by atoms with van der Waals surface area (Å²) in [6.45, 7) is 6.20. The number of nitriles is 1. The van der Waals surface area contributed by atoms with Crippen LogP contribution in [-0.4, -0.2) is 5.11 Å². The Morgan fingerprint density at radius 2 is 2.21 bits per heavy atom. The lowest BCUT2D eigenvalue weighted by Gasteiger charge is -2.29. The highest BCUT2D eigenvalue weighted by Crippen LogP contribution is 2.50. The van der Waals surface area contributed by atoms with E-state index >= 15 is 0 Å². The molecule has 0 aromatic heterocycles. The molecule has 0 aliphatic heterocycles. The Balaban J connectivity index is 2.34. The summed E-state index contributed by atoms with van der Waals surface area (Å²) in [5.41, 5.74) is 2.56. The zero-order chi connectivity index (χ0) is 14.0. The van der Waals surface area contributed by atoms with Crippen molar-refractivity contribution in [1.29, 1.82) is 5.26 Å². The number of hydrogen-bond donors (Lipinski definition) is 1. The van der Waals surface area contributed by atoms with E-state index in [1.54, 1.807) is 0 Å². The van der Waals surface area contributed by atoms with E-state index in [1.165, 1.54) is 0 Å². The topological polar surface area (TPSA) is 44.0 Å². The molecule has 2 heteroatoms. The van der Waals surface area contributed by atoms with Crippen LogP contribution in [0.25, 0.3) is 0 Å². The molecule has 1 fully saturated rings. The number of nitrogens with zero attached hydrogens (tertiary/aromatic N) is 1. The van der Waals surface area contributed by atoms with Gasteiger partial charge in [0.1, 0.15) is 0 Å². The molecule has 3 atom stereocenters. The van der Waals surface area contributed by atoms with Gasteiger partial charge in [-0.05, 0) is 50.2 Å². The first-order chi connectivity index (χ1) is 9.02. The zero-order valence-corrected chi connectivity index (χ0v) is 12.1. The Morgan fingerprint density at radius 3 is 2.79 bits per heavy atom. The van der Waals surface area contributed by atoms with Crippen molar-refractivity contribution < 1.29 is 5.11 Å². The van der Waals surface area contributed by atoms with Crippen LogP contribution in [0, 0.1) is 36.5 Å². The van der Waals surface area contributed by atoms with Crippen molar-refractivity contribution in [3.8, 4) is 6.07 Å². The fourth-order valence-corrected chi connectivity index (χ4v) is 3.29. The van der Waals surface area contributed by atoms with E-state index in [2.05, 4.69) is 13.0 Å². The number of benzene rings is 1. The van der Waals surface area contributed by atoms with Gasteiger partial charge in [-0.3, -0.25) is 0 Å². The normalized spacial score (nSPS) is 28.1. The summed E-state index contributed by atoms with van der Waals surface area (Å²) in [5.74, 6) is 0.583. The molecule has 1 saturated carbocycles. The van der Waals surface area contributed by atoms with Crippen LogP contribution >= 0.6 is 0 Å². The number of aliphatic hydroxyl groups is 1. The Morgan fingerprint density at radius 1 is 1.47 bits per heavy atom. The highest BCUT2D eigenvalue weighted by molar-refractivity contribution is 5.35. The molecule has 0 radical (unpaired) electrons. The maximum Gasteiger partial charge on any atom is 0.0979 e. The van der Waals surface area contributed by atoms with Crippen LogP contribution in [-0.2, 0) is 0 Å². The third kappa shape index (κ3) is 2.53. The molecule has 0 bridgehead atoms. The maximum atomic E-state index is 10.8. The van der Waals surface area contributed by atoms with E-state index in [0.29, 0.717) is 5.92 Å². The van der Waals surface area contributed by atoms with Gasteiger partial charge in [-0.25, -0.2) is 0 Å². The molecule has 1 N–H and O–H groups in total. The van der Waals surface area contributed by atoms with Gasteiger partial charge in [0.05, 0.1) is 17.6 Å². The molecular formula is C17H23NO. The van der Waals surface area contributed by atoms with Gasteiger partial charge in [-0.1, -0.05) is 37.1 Å². The number of aryl methyl sites for hydroxylation is 2. The lowest BCUT2D eigenvalue weighted by molar-refractivity contribution is 0.0635. The lowest BCUT2D eigenvalue weighted by Crippen LogP contribution is -2.25. The van der Waals surface area contributed by atoms with Crippen LogP contribution in [0.4, 0.5) is 0 Å². The second-order valence-corrected chi connectivity index (χ2v) is 6.05. The summed E-state index contributed by atoms with van der Waals surface area (Å²) in [6.07, 6.45) is 3.15. The van der Waals surface area contributed by atoms with E-state index in [-0.39, 0.29) is 0 Å². The molecule has 3 unspecified atom stereocenters. The van der Waals surface area contributed by atoms with Crippen LogP contribution in [0.5, 0.6) is 0 Å². The summed E-state index contributed by atoms with van der Waals surface area (Å²) < 4.78 is 0. The van der Waals surface area contributed by atoms with Crippen molar-refractivity contribution in [2.45, 2.75) is 52.6 Å². The van der Waals surface area contributed by atoms with E-state index in [9.17, 15) is 10.4 Å². The highest BCUT2D eigenvalue weighted by Gasteiger charge is 2.45. The Kier molecular flexibility index (Phi) is 3.96. The van der Waals surface area contributed by atoms with Crippen LogP contribution in [0.1, 0.15) is 55.4 Å². The number of hydrogen-bond acceptors (Lipinski definition) is 2. The van der Waals surface area contributed by atoms with Gasteiger partial charge in [0.2, 0.25) is 0 Å². The molecular weight excluding hydrogens is 234 g/mol. The van der Waals surface area contributed by atoms with Gasteiger partial charge >= 0.3 is 0 Å². The molecule has 0 spiro atoms. The fourth-order valence-electron chi connectivity index (χ4n) is 3.29. The predicted molar refractivity (Wildman–Crippen MR) is 76.6 cm³/mol. The Bertz CT molecular complexity index is 502. The van der Waals surface area contributed by atoms with Gasteiger partial charge in [0.25, 0.3) is 0 Å². The van der Waals surface area contributed by atoms with Crippen molar-refractivity contribution in [1.82, 2.24) is 0 Å². The van der Waals surface area contributed by atoms with Crippen LogP contribution < -0.4 is 0 Å². The van der Waals surface area contributed by atoms with Crippen LogP contribution in [0.3, 0.4) is 0 Å². The number of aliphatic hydroxyl groups excluding tert-OH is 1. The van der Waals surface area contributed by atoms with Crippen LogP contribution in [0.15, 0.2) is 18.2 Å². The van der Waals surface area contributed by atoms with Gasteiger partial charge in [-0.2, -0.15) is 5.26 Å². The second kappa shape index (κ2) is 5.35. The van der Waals surface area contributed by atoms with Gasteiger partial charge < -0.3 is 5.11 Å². The van der Waals surface area contributed by atoms with Crippen molar-refractivity contribution >= 4 is 0 Å². The average molecular weight is 257 g/mol. The van der Waals surface area contributed by atoms with Crippen molar-refractivity contribution in [3.63, 3.8) is 0 Å². The Labute approximate surface area is 116 Å². The maximum absolute atomic E-state index is 10.8. The van der Waals surface area contributed by atoms with E-state index < -0.39 is 11.5 Å². The second-order valence-electron chi connectivity index (χ2n) is 6.05. The summed E-state index contributed by atoms with van der Waals surface area (Å²) in [5, 5.41) is 20.4. The molecule has 2 nitrogen and oxygen atoms in total. The molecule has 0 amide bonds. The molecule has 19 heavy (non-hydrogen) atoms.